The van der Waals surface area contributed by atoms with E-state index in [0.717, 1.165) is 33.8 Å². The van der Waals surface area contributed by atoms with Crippen LogP contribution in [0.1, 0.15) is 16.8 Å². The Morgan fingerprint density at radius 2 is 1.76 bits per heavy atom. The Hall–Kier alpha value is -3.80. The second-order valence-electron chi connectivity index (χ2n) is 6.68. The topological polar surface area (TPSA) is 86.2 Å². The van der Waals surface area contributed by atoms with Gasteiger partial charge >= 0.3 is 0 Å². The molecule has 0 aliphatic heterocycles. The van der Waals surface area contributed by atoms with Crippen LogP contribution < -0.4 is 15.8 Å². The molecule has 0 saturated carbocycles. The fraction of sp³-hybridized carbons (Fsp3) is 0.130. The van der Waals surface area contributed by atoms with Gasteiger partial charge in [-0.05, 0) is 47.5 Å². The number of benzene rings is 2. The van der Waals surface area contributed by atoms with E-state index in [1.165, 1.54) is 0 Å². The van der Waals surface area contributed by atoms with Gasteiger partial charge in [-0.3, -0.25) is 0 Å². The minimum absolute atomic E-state index is 0.428. The Bertz CT molecular complexity index is 1070. The Morgan fingerprint density at radius 1 is 1.00 bits per heavy atom. The van der Waals surface area contributed by atoms with E-state index in [1.807, 2.05) is 61.6 Å². The summed E-state index contributed by atoms with van der Waals surface area (Å²) in [5, 5.41) is 7.25. The van der Waals surface area contributed by atoms with Crippen LogP contribution in [0.2, 0.25) is 0 Å². The van der Waals surface area contributed by atoms with Crippen LogP contribution in [0.4, 0.5) is 11.5 Å². The van der Waals surface area contributed by atoms with Crippen molar-refractivity contribution < 1.29 is 9.26 Å². The van der Waals surface area contributed by atoms with Crippen LogP contribution in [-0.2, 0) is 13.0 Å². The summed E-state index contributed by atoms with van der Waals surface area (Å²) in [5.41, 5.74) is 10.8. The van der Waals surface area contributed by atoms with E-state index in [9.17, 15) is 0 Å². The quantitative estimate of drug-likeness (QED) is 0.485. The molecular weight excluding hydrogens is 364 g/mol. The van der Waals surface area contributed by atoms with Crippen molar-refractivity contribution in [2.45, 2.75) is 13.0 Å². The third-order valence-corrected chi connectivity index (χ3v) is 4.62. The maximum Gasteiger partial charge on any atom is 0.170 e. The van der Waals surface area contributed by atoms with Gasteiger partial charge in [0.25, 0.3) is 0 Å². The molecular formula is C23H22N4O2. The molecule has 3 N–H and O–H groups in total. The zero-order valence-electron chi connectivity index (χ0n) is 16.1. The summed E-state index contributed by atoms with van der Waals surface area (Å²) >= 11 is 0. The van der Waals surface area contributed by atoms with Gasteiger partial charge in [-0.2, -0.15) is 0 Å². The molecule has 146 valence electrons. The smallest absolute Gasteiger partial charge is 0.170 e. The number of nitrogens with one attached hydrogen (secondary N) is 1. The highest BCUT2D eigenvalue weighted by molar-refractivity contribution is 5.69. The first kappa shape index (κ1) is 18.6. The lowest BCUT2D eigenvalue weighted by atomic mass is 10.1. The average molecular weight is 386 g/mol. The number of nitrogens with two attached hydrogens (primary N) is 1. The van der Waals surface area contributed by atoms with E-state index in [0.29, 0.717) is 24.6 Å². The molecule has 0 aliphatic carbocycles. The molecule has 0 bridgehead atoms. The highest BCUT2D eigenvalue weighted by Gasteiger charge is 2.10. The van der Waals surface area contributed by atoms with Crippen LogP contribution in [0.5, 0.6) is 5.75 Å². The van der Waals surface area contributed by atoms with Gasteiger partial charge in [0.05, 0.1) is 11.3 Å². The molecule has 2 aromatic heterocycles. The molecule has 0 atom stereocenters. The minimum atomic E-state index is 0.428. The molecule has 4 rings (SSSR count). The van der Waals surface area contributed by atoms with E-state index in [1.54, 1.807) is 6.20 Å². The number of ether oxygens (including phenoxy) is 1. The second kappa shape index (κ2) is 8.48. The predicted octanol–water partition coefficient (Wildman–Crippen LogP) is 4.53. The third kappa shape index (κ3) is 4.55. The number of anilines is 2. The van der Waals surface area contributed by atoms with Crippen molar-refractivity contribution in [3.8, 4) is 17.1 Å². The van der Waals surface area contributed by atoms with Crippen molar-refractivity contribution in [2.24, 2.45) is 0 Å². The van der Waals surface area contributed by atoms with Gasteiger partial charge in [0, 0.05) is 31.4 Å². The summed E-state index contributed by atoms with van der Waals surface area (Å²) in [6, 6.07) is 21.8. The van der Waals surface area contributed by atoms with Crippen LogP contribution >= 0.6 is 0 Å². The summed E-state index contributed by atoms with van der Waals surface area (Å²) in [6.07, 6.45) is 2.31. The Labute approximate surface area is 169 Å². The fourth-order valence-electron chi connectivity index (χ4n) is 2.99. The van der Waals surface area contributed by atoms with Crippen molar-refractivity contribution in [1.82, 2.24) is 10.1 Å². The summed E-state index contributed by atoms with van der Waals surface area (Å²) in [4.78, 5) is 4.08. The van der Waals surface area contributed by atoms with Gasteiger partial charge in [0.15, 0.2) is 5.76 Å². The standard InChI is InChI=1S/C23H22N4O2/c1-25-18-8-4-17(5-9-18)15-28-20-10-6-16(7-11-20)13-19-14-22(29-27-19)21-3-2-12-26-23(21)24/h2-12,14,25H,13,15H2,1H3,(H2,24,26). The Kier molecular flexibility index (Phi) is 5.42. The van der Waals surface area contributed by atoms with Crippen molar-refractivity contribution in [1.29, 1.82) is 0 Å². The molecule has 6 nitrogen and oxygen atoms in total. The van der Waals surface area contributed by atoms with Gasteiger partial charge in [-0.25, -0.2) is 4.98 Å². The summed E-state index contributed by atoms with van der Waals surface area (Å²) in [7, 11) is 1.90. The van der Waals surface area contributed by atoms with Crippen molar-refractivity contribution in [3.05, 3.63) is 89.7 Å². The third-order valence-electron chi connectivity index (χ3n) is 4.62. The van der Waals surface area contributed by atoms with E-state index in [4.69, 9.17) is 15.0 Å². The lowest BCUT2D eigenvalue weighted by Gasteiger charge is -2.08. The van der Waals surface area contributed by atoms with Gasteiger partial charge in [0.2, 0.25) is 0 Å². The zero-order valence-corrected chi connectivity index (χ0v) is 16.1. The molecule has 6 heteroatoms. The number of aromatic nitrogens is 2. The summed E-state index contributed by atoms with van der Waals surface area (Å²) in [5.74, 6) is 1.88. The van der Waals surface area contributed by atoms with E-state index in [-0.39, 0.29) is 0 Å². The maximum absolute atomic E-state index is 5.90. The van der Waals surface area contributed by atoms with E-state index in [2.05, 4.69) is 27.6 Å². The molecule has 0 fully saturated rings. The van der Waals surface area contributed by atoms with Crippen molar-refractivity contribution in [3.63, 3.8) is 0 Å². The van der Waals surface area contributed by atoms with Crippen LogP contribution in [0.25, 0.3) is 11.3 Å². The van der Waals surface area contributed by atoms with Crippen LogP contribution in [0.15, 0.2) is 77.4 Å². The molecule has 2 aromatic carbocycles. The van der Waals surface area contributed by atoms with Gasteiger partial charge in [-0.15, -0.1) is 0 Å². The zero-order chi connectivity index (χ0) is 20.1. The average Bonchev–Trinajstić information content (AvgIpc) is 3.22. The molecule has 0 radical (unpaired) electrons. The first-order valence-corrected chi connectivity index (χ1v) is 9.36. The highest BCUT2D eigenvalue weighted by Crippen LogP contribution is 2.25. The number of pyridine rings is 1. The molecule has 0 amide bonds. The SMILES string of the molecule is CNc1ccc(COc2ccc(Cc3cc(-c4cccnc4N)on3)cc2)cc1. The van der Waals surface area contributed by atoms with Crippen LogP contribution in [0.3, 0.4) is 0 Å². The maximum atomic E-state index is 5.90. The fourth-order valence-corrected chi connectivity index (χ4v) is 2.99. The number of rotatable bonds is 7. The number of nitrogen functional groups attached to an aromatic ring is 1. The summed E-state index contributed by atoms with van der Waals surface area (Å²) < 4.78 is 11.3. The normalized spacial score (nSPS) is 10.7. The van der Waals surface area contributed by atoms with Crippen molar-refractivity contribution >= 4 is 11.5 Å². The predicted molar refractivity (Wildman–Crippen MR) is 114 cm³/mol. The monoisotopic (exact) mass is 386 g/mol. The summed E-state index contributed by atoms with van der Waals surface area (Å²) in [6.45, 7) is 0.530. The molecule has 0 saturated heterocycles. The molecule has 29 heavy (non-hydrogen) atoms. The van der Waals surface area contributed by atoms with Crippen molar-refractivity contribution in [2.75, 3.05) is 18.1 Å². The molecule has 0 aliphatic rings. The molecule has 4 aromatic rings. The van der Waals surface area contributed by atoms with E-state index < -0.39 is 0 Å². The Morgan fingerprint density at radius 3 is 2.48 bits per heavy atom. The molecule has 0 unspecified atom stereocenters. The molecule has 2 heterocycles. The first-order chi connectivity index (χ1) is 14.2. The van der Waals surface area contributed by atoms with E-state index >= 15 is 0 Å². The second-order valence-corrected chi connectivity index (χ2v) is 6.68. The number of nitrogens with zero attached hydrogens (tertiary/aromatic N) is 2. The minimum Gasteiger partial charge on any atom is -0.489 e. The number of hydrogen-bond acceptors (Lipinski definition) is 6. The van der Waals surface area contributed by atoms with Gasteiger partial charge < -0.3 is 20.3 Å². The molecule has 0 spiro atoms. The first-order valence-electron chi connectivity index (χ1n) is 9.36. The lowest BCUT2D eigenvalue weighted by molar-refractivity contribution is 0.306. The largest absolute Gasteiger partial charge is 0.489 e. The lowest BCUT2D eigenvalue weighted by Crippen LogP contribution is -1.96. The van der Waals surface area contributed by atoms with Gasteiger partial charge in [0.1, 0.15) is 18.2 Å². The highest BCUT2D eigenvalue weighted by atomic mass is 16.5. The Balaban J connectivity index is 1.36. The van der Waals surface area contributed by atoms with Gasteiger partial charge in [-0.1, -0.05) is 29.4 Å². The van der Waals surface area contributed by atoms with Crippen LogP contribution in [-0.4, -0.2) is 17.2 Å². The van der Waals surface area contributed by atoms with Crippen LogP contribution in [0, 0.1) is 0 Å². The number of hydrogen-bond donors (Lipinski definition) is 2.